The molecule has 2 heterocycles. The van der Waals surface area contributed by atoms with Gasteiger partial charge in [0.2, 0.25) is 5.91 Å². The predicted octanol–water partition coefficient (Wildman–Crippen LogP) is 3.48. The topological polar surface area (TPSA) is 74.4 Å². The van der Waals surface area contributed by atoms with E-state index >= 15 is 0 Å². The van der Waals surface area contributed by atoms with Crippen molar-refractivity contribution in [2.24, 2.45) is 0 Å². The number of hydrogen-bond acceptors (Lipinski definition) is 4. The average molecular weight is 371 g/mol. The second-order valence-corrected chi connectivity index (χ2v) is 7.08. The minimum absolute atomic E-state index is 0.0761. The van der Waals surface area contributed by atoms with Gasteiger partial charge < -0.3 is 19.9 Å². The molecule has 3 rings (SSSR count). The number of rotatable bonds is 9. The number of amides is 1. The lowest BCUT2D eigenvalue weighted by Gasteiger charge is -2.13. The number of aromatic amines is 1. The van der Waals surface area contributed by atoms with Crippen LogP contribution in [0.1, 0.15) is 44.6 Å². The normalized spacial score (nSPS) is 14.6. The largest absolute Gasteiger partial charge is 0.466 e. The van der Waals surface area contributed by atoms with Gasteiger partial charge in [0.05, 0.1) is 6.61 Å². The molecule has 1 amide bonds. The molecule has 27 heavy (non-hydrogen) atoms. The summed E-state index contributed by atoms with van der Waals surface area (Å²) < 4.78 is 4.88. The van der Waals surface area contributed by atoms with Gasteiger partial charge >= 0.3 is 5.97 Å². The van der Waals surface area contributed by atoms with Crippen LogP contribution in [0.15, 0.2) is 24.4 Å². The molecule has 146 valence electrons. The molecule has 0 bridgehead atoms. The van der Waals surface area contributed by atoms with E-state index in [4.69, 9.17) is 4.74 Å². The summed E-state index contributed by atoms with van der Waals surface area (Å²) in [6.45, 7) is 5.64. The summed E-state index contributed by atoms with van der Waals surface area (Å²) in [6, 6.07) is 5.95. The Hall–Kier alpha value is -2.34. The lowest BCUT2D eigenvalue weighted by atomic mass is 10.1. The Morgan fingerprint density at radius 1 is 1.22 bits per heavy atom. The second-order valence-electron chi connectivity index (χ2n) is 7.08. The number of nitrogens with zero attached hydrogens (tertiary/aromatic N) is 1. The van der Waals surface area contributed by atoms with E-state index in [1.807, 2.05) is 18.2 Å². The lowest BCUT2D eigenvalue weighted by molar-refractivity contribution is -0.143. The van der Waals surface area contributed by atoms with Crippen molar-refractivity contribution in [2.45, 2.75) is 45.4 Å². The van der Waals surface area contributed by atoms with Crippen LogP contribution in [0, 0.1) is 0 Å². The van der Waals surface area contributed by atoms with Gasteiger partial charge in [-0.05, 0) is 69.5 Å². The maximum Gasteiger partial charge on any atom is 0.305 e. The Labute approximate surface area is 160 Å². The molecule has 2 N–H and O–H groups in total. The molecule has 0 spiro atoms. The number of nitrogens with one attached hydrogen (secondary N) is 2. The molecule has 6 heteroatoms. The van der Waals surface area contributed by atoms with E-state index in [1.165, 1.54) is 36.9 Å². The molecule has 0 aliphatic carbocycles. The van der Waals surface area contributed by atoms with E-state index in [2.05, 4.69) is 21.4 Å². The maximum atomic E-state index is 12.1. The number of anilines is 1. The fourth-order valence-electron chi connectivity index (χ4n) is 3.60. The summed E-state index contributed by atoms with van der Waals surface area (Å²) in [5.74, 6) is -0.325. The van der Waals surface area contributed by atoms with Gasteiger partial charge in [0.25, 0.3) is 0 Å². The van der Waals surface area contributed by atoms with Crippen LogP contribution in [-0.2, 0) is 20.7 Å². The molecule has 1 aromatic heterocycles. The van der Waals surface area contributed by atoms with E-state index in [-0.39, 0.29) is 18.3 Å². The molecule has 2 aromatic rings. The van der Waals surface area contributed by atoms with Gasteiger partial charge in [0.1, 0.15) is 0 Å². The molecule has 1 aliphatic rings. The average Bonchev–Trinajstić information content (AvgIpc) is 3.29. The highest BCUT2D eigenvalue weighted by Crippen LogP contribution is 2.23. The van der Waals surface area contributed by atoms with E-state index in [0.717, 1.165) is 24.2 Å². The molecule has 0 unspecified atom stereocenters. The van der Waals surface area contributed by atoms with Crippen LogP contribution < -0.4 is 5.32 Å². The van der Waals surface area contributed by atoms with Crippen molar-refractivity contribution in [3.8, 4) is 0 Å². The zero-order valence-corrected chi connectivity index (χ0v) is 16.1. The van der Waals surface area contributed by atoms with Gasteiger partial charge in [-0.1, -0.05) is 0 Å². The Kier molecular flexibility index (Phi) is 6.87. The minimum Gasteiger partial charge on any atom is -0.466 e. The van der Waals surface area contributed by atoms with Gasteiger partial charge in [0.15, 0.2) is 0 Å². The number of H-pyrrole nitrogens is 1. The number of carbonyl (C=O) groups excluding carboxylic acids is 2. The third kappa shape index (κ3) is 5.57. The van der Waals surface area contributed by atoms with Crippen LogP contribution in [-0.4, -0.2) is 48.0 Å². The molecule has 6 nitrogen and oxygen atoms in total. The molecule has 1 aromatic carbocycles. The smallest absolute Gasteiger partial charge is 0.305 e. The molecule has 0 atom stereocenters. The van der Waals surface area contributed by atoms with E-state index < -0.39 is 0 Å². The molecule has 1 fully saturated rings. The number of esters is 1. The number of carbonyl (C=O) groups is 2. The number of ether oxygens (including phenoxy) is 1. The van der Waals surface area contributed by atoms with E-state index in [9.17, 15) is 9.59 Å². The van der Waals surface area contributed by atoms with Crippen molar-refractivity contribution in [2.75, 3.05) is 31.6 Å². The molecule has 0 saturated carbocycles. The van der Waals surface area contributed by atoms with Crippen LogP contribution in [0.2, 0.25) is 0 Å². The summed E-state index contributed by atoms with van der Waals surface area (Å²) in [5, 5.41) is 4.10. The van der Waals surface area contributed by atoms with Gasteiger partial charge in [-0.25, -0.2) is 0 Å². The predicted molar refractivity (Wildman–Crippen MR) is 107 cm³/mol. The van der Waals surface area contributed by atoms with Gasteiger partial charge in [0, 0.05) is 42.2 Å². The first kappa shape index (κ1) is 19.4. The van der Waals surface area contributed by atoms with Crippen molar-refractivity contribution in [3.63, 3.8) is 0 Å². The number of hydrogen-bond donors (Lipinski definition) is 2. The maximum absolute atomic E-state index is 12.1. The summed E-state index contributed by atoms with van der Waals surface area (Å²) in [5.41, 5.74) is 3.17. The van der Waals surface area contributed by atoms with E-state index in [0.29, 0.717) is 19.4 Å². The highest BCUT2D eigenvalue weighted by Gasteiger charge is 2.13. The molecular formula is C21H29N3O3. The van der Waals surface area contributed by atoms with Crippen LogP contribution in [0.25, 0.3) is 10.9 Å². The van der Waals surface area contributed by atoms with Gasteiger partial charge in [-0.2, -0.15) is 0 Å². The van der Waals surface area contributed by atoms with Crippen LogP contribution in [0.3, 0.4) is 0 Å². The third-order valence-corrected chi connectivity index (χ3v) is 5.04. The second kappa shape index (κ2) is 9.55. The number of likely N-dealkylation sites (tertiary alicyclic amines) is 1. The first-order valence-corrected chi connectivity index (χ1v) is 9.93. The third-order valence-electron chi connectivity index (χ3n) is 5.04. The lowest BCUT2D eigenvalue weighted by Crippen LogP contribution is -2.21. The van der Waals surface area contributed by atoms with Crippen LogP contribution in [0.4, 0.5) is 5.69 Å². The highest BCUT2D eigenvalue weighted by atomic mass is 16.5. The van der Waals surface area contributed by atoms with Gasteiger partial charge in [-0.3, -0.25) is 9.59 Å². The first-order valence-electron chi connectivity index (χ1n) is 9.93. The minimum atomic E-state index is -0.248. The van der Waals surface area contributed by atoms with Gasteiger partial charge in [-0.15, -0.1) is 0 Å². The Morgan fingerprint density at radius 2 is 2.04 bits per heavy atom. The number of benzene rings is 1. The summed E-state index contributed by atoms with van der Waals surface area (Å²) >= 11 is 0. The van der Waals surface area contributed by atoms with Crippen molar-refractivity contribution in [1.82, 2.24) is 9.88 Å². The van der Waals surface area contributed by atoms with Crippen molar-refractivity contribution < 1.29 is 14.3 Å². The Balaban J connectivity index is 1.54. The zero-order chi connectivity index (χ0) is 19.1. The van der Waals surface area contributed by atoms with E-state index in [1.54, 1.807) is 6.92 Å². The monoisotopic (exact) mass is 371 g/mol. The molecular weight excluding hydrogens is 342 g/mol. The Morgan fingerprint density at radius 3 is 2.81 bits per heavy atom. The molecule has 1 aliphatic heterocycles. The summed E-state index contributed by atoms with van der Waals surface area (Å²) in [6.07, 6.45) is 6.78. The number of fused-ring (bicyclic) bond motifs is 1. The fourth-order valence-corrected chi connectivity index (χ4v) is 3.60. The fraction of sp³-hybridized carbons (Fsp3) is 0.524. The van der Waals surface area contributed by atoms with Crippen molar-refractivity contribution in [1.29, 1.82) is 0 Å². The SMILES string of the molecule is CCOC(=O)CCCC(=O)Nc1ccc2[nH]cc(CCN3CCCC3)c2c1. The summed E-state index contributed by atoms with van der Waals surface area (Å²) in [4.78, 5) is 29.3. The van der Waals surface area contributed by atoms with Crippen LogP contribution >= 0.6 is 0 Å². The summed E-state index contributed by atoms with van der Waals surface area (Å²) in [7, 11) is 0. The number of aromatic nitrogens is 1. The molecule has 1 saturated heterocycles. The van der Waals surface area contributed by atoms with Crippen molar-refractivity contribution in [3.05, 3.63) is 30.0 Å². The highest BCUT2D eigenvalue weighted by molar-refractivity contribution is 5.94. The Bertz CT molecular complexity index is 778. The van der Waals surface area contributed by atoms with Crippen LogP contribution in [0.5, 0.6) is 0 Å². The quantitative estimate of drug-likeness (QED) is 0.662. The zero-order valence-electron chi connectivity index (χ0n) is 16.1. The first-order chi connectivity index (χ1) is 13.2. The molecule has 0 radical (unpaired) electrons. The standard InChI is InChI=1S/C21H29N3O3/c1-2-27-21(26)7-5-6-20(25)23-17-8-9-19-18(14-17)16(15-22-19)10-13-24-11-3-4-12-24/h8-9,14-15,22H,2-7,10-13H2,1H3,(H,23,25). The van der Waals surface area contributed by atoms with Crippen molar-refractivity contribution >= 4 is 28.5 Å².